The third-order valence-corrected chi connectivity index (χ3v) is 4.75. The summed E-state index contributed by atoms with van der Waals surface area (Å²) in [6, 6.07) is 9.10. The van der Waals surface area contributed by atoms with Crippen LogP contribution >= 0.6 is 15.9 Å². The fourth-order valence-electron chi connectivity index (χ4n) is 2.75. The van der Waals surface area contributed by atoms with Gasteiger partial charge in [-0.1, -0.05) is 47.8 Å². The van der Waals surface area contributed by atoms with Gasteiger partial charge in [0, 0.05) is 10.5 Å². The molecule has 1 saturated carbocycles. The molecule has 100 valence electrons. The average molecular weight is 310 g/mol. The molecule has 0 spiro atoms. The second-order valence-electron chi connectivity index (χ2n) is 5.81. The molecule has 1 N–H and O–H groups in total. The SMILES string of the molecule is CC1CCC(CNC(C)c2ccc(Br)cc2)CC1. The summed E-state index contributed by atoms with van der Waals surface area (Å²) in [5.41, 5.74) is 1.38. The zero-order chi connectivity index (χ0) is 13.0. The Morgan fingerprint density at radius 3 is 2.39 bits per heavy atom. The first-order valence-corrected chi connectivity index (χ1v) is 7.93. The maximum atomic E-state index is 3.69. The van der Waals surface area contributed by atoms with Crippen LogP contribution in [0.2, 0.25) is 0 Å². The smallest absolute Gasteiger partial charge is 0.0291 e. The third kappa shape index (κ3) is 4.10. The molecule has 1 aliphatic carbocycles. The summed E-state index contributed by atoms with van der Waals surface area (Å²) in [7, 11) is 0. The lowest BCUT2D eigenvalue weighted by molar-refractivity contribution is 0.276. The number of rotatable bonds is 4. The first-order valence-electron chi connectivity index (χ1n) is 7.14. The van der Waals surface area contributed by atoms with Crippen LogP contribution in [0.1, 0.15) is 51.1 Å². The van der Waals surface area contributed by atoms with Crippen molar-refractivity contribution in [1.82, 2.24) is 5.32 Å². The van der Waals surface area contributed by atoms with Crippen LogP contribution < -0.4 is 5.32 Å². The molecule has 18 heavy (non-hydrogen) atoms. The Bertz CT molecular complexity index is 352. The molecule has 1 nitrogen and oxygen atoms in total. The van der Waals surface area contributed by atoms with Crippen molar-refractivity contribution in [1.29, 1.82) is 0 Å². The number of halogens is 1. The Hall–Kier alpha value is -0.340. The summed E-state index contributed by atoms with van der Waals surface area (Å²) in [5, 5.41) is 3.69. The summed E-state index contributed by atoms with van der Waals surface area (Å²) in [5.74, 6) is 1.84. The van der Waals surface area contributed by atoms with E-state index >= 15 is 0 Å². The van der Waals surface area contributed by atoms with E-state index in [1.807, 2.05) is 0 Å². The van der Waals surface area contributed by atoms with Crippen LogP contribution in [0.15, 0.2) is 28.7 Å². The maximum absolute atomic E-state index is 3.69. The Morgan fingerprint density at radius 1 is 1.17 bits per heavy atom. The predicted octanol–water partition coefficient (Wildman–Crippen LogP) is 4.93. The topological polar surface area (TPSA) is 12.0 Å². The highest BCUT2D eigenvalue weighted by Gasteiger charge is 2.18. The molecule has 0 amide bonds. The lowest BCUT2D eigenvalue weighted by atomic mass is 9.83. The van der Waals surface area contributed by atoms with E-state index in [0.29, 0.717) is 6.04 Å². The van der Waals surface area contributed by atoms with Gasteiger partial charge in [-0.25, -0.2) is 0 Å². The van der Waals surface area contributed by atoms with Crippen molar-refractivity contribution >= 4 is 15.9 Å². The minimum Gasteiger partial charge on any atom is -0.310 e. The second-order valence-corrected chi connectivity index (χ2v) is 6.72. The average Bonchev–Trinajstić information content (AvgIpc) is 2.38. The van der Waals surface area contributed by atoms with E-state index in [1.165, 1.54) is 37.8 Å². The van der Waals surface area contributed by atoms with E-state index in [2.05, 4.69) is 59.4 Å². The highest BCUT2D eigenvalue weighted by molar-refractivity contribution is 9.10. The van der Waals surface area contributed by atoms with Crippen molar-refractivity contribution in [2.45, 2.75) is 45.6 Å². The number of hydrogen-bond acceptors (Lipinski definition) is 1. The van der Waals surface area contributed by atoms with Crippen molar-refractivity contribution in [2.24, 2.45) is 11.8 Å². The van der Waals surface area contributed by atoms with Gasteiger partial charge in [-0.15, -0.1) is 0 Å². The van der Waals surface area contributed by atoms with Crippen molar-refractivity contribution < 1.29 is 0 Å². The molecule has 0 radical (unpaired) electrons. The van der Waals surface area contributed by atoms with Crippen LogP contribution in [0.3, 0.4) is 0 Å². The zero-order valence-corrected chi connectivity index (χ0v) is 13.0. The van der Waals surface area contributed by atoms with Crippen LogP contribution in [-0.4, -0.2) is 6.54 Å². The molecule has 0 aromatic heterocycles. The molecule has 0 heterocycles. The first kappa shape index (κ1) is 14.1. The quantitative estimate of drug-likeness (QED) is 0.832. The minimum atomic E-state index is 0.456. The standard InChI is InChI=1S/C16H24BrN/c1-12-3-5-14(6-4-12)11-18-13(2)15-7-9-16(17)10-8-15/h7-10,12-14,18H,3-6,11H2,1-2H3. The third-order valence-electron chi connectivity index (χ3n) is 4.22. The maximum Gasteiger partial charge on any atom is 0.0291 e. The van der Waals surface area contributed by atoms with Crippen LogP contribution in [-0.2, 0) is 0 Å². The van der Waals surface area contributed by atoms with E-state index in [4.69, 9.17) is 0 Å². The van der Waals surface area contributed by atoms with E-state index < -0.39 is 0 Å². The first-order chi connectivity index (χ1) is 8.65. The van der Waals surface area contributed by atoms with Crippen LogP contribution in [0, 0.1) is 11.8 Å². The summed E-state index contributed by atoms with van der Waals surface area (Å²) in [4.78, 5) is 0. The number of hydrogen-bond donors (Lipinski definition) is 1. The summed E-state index contributed by atoms with van der Waals surface area (Å²) >= 11 is 3.48. The lowest BCUT2D eigenvalue weighted by Gasteiger charge is -2.27. The Kier molecular flexibility index (Phi) is 5.25. The molecule has 1 aliphatic rings. The van der Waals surface area contributed by atoms with E-state index in [-0.39, 0.29) is 0 Å². The van der Waals surface area contributed by atoms with Gasteiger partial charge in [0.05, 0.1) is 0 Å². The van der Waals surface area contributed by atoms with Gasteiger partial charge in [-0.3, -0.25) is 0 Å². The van der Waals surface area contributed by atoms with Crippen LogP contribution in [0.25, 0.3) is 0 Å². The molecule has 1 aromatic rings. The van der Waals surface area contributed by atoms with Gasteiger partial charge in [0.1, 0.15) is 0 Å². The van der Waals surface area contributed by atoms with Crippen molar-refractivity contribution in [3.05, 3.63) is 34.3 Å². The highest BCUT2D eigenvalue weighted by atomic mass is 79.9. The molecule has 2 rings (SSSR count). The highest BCUT2D eigenvalue weighted by Crippen LogP contribution is 2.28. The lowest BCUT2D eigenvalue weighted by Crippen LogP contribution is -2.28. The molecule has 1 fully saturated rings. The molecular formula is C16H24BrN. The normalized spacial score (nSPS) is 25.9. The fraction of sp³-hybridized carbons (Fsp3) is 0.625. The Morgan fingerprint density at radius 2 is 1.78 bits per heavy atom. The molecule has 0 bridgehead atoms. The van der Waals surface area contributed by atoms with E-state index in [1.54, 1.807) is 0 Å². The molecule has 0 saturated heterocycles. The summed E-state index contributed by atoms with van der Waals surface area (Å²) < 4.78 is 1.15. The van der Waals surface area contributed by atoms with Gasteiger partial charge < -0.3 is 5.32 Å². The molecule has 2 heteroatoms. The molecule has 1 unspecified atom stereocenters. The van der Waals surface area contributed by atoms with Crippen molar-refractivity contribution in [3.8, 4) is 0 Å². The zero-order valence-electron chi connectivity index (χ0n) is 11.5. The molecule has 0 aliphatic heterocycles. The predicted molar refractivity (Wildman–Crippen MR) is 81.7 cm³/mol. The second kappa shape index (κ2) is 6.72. The Labute approximate surface area is 119 Å². The summed E-state index contributed by atoms with van der Waals surface area (Å²) in [6.45, 7) is 5.81. The monoisotopic (exact) mass is 309 g/mol. The largest absolute Gasteiger partial charge is 0.310 e. The van der Waals surface area contributed by atoms with Gasteiger partial charge >= 0.3 is 0 Å². The molecular weight excluding hydrogens is 286 g/mol. The van der Waals surface area contributed by atoms with Crippen LogP contribution in [0.4, 0.5) is 0 Å². The number of benzene rings is 1. The molecule has 1 aromatic carbocycles. The van der Waals surface area contributed by atoms with Gasteiger partial charge in [-0.2, -0.15) is 0 Å². The van der Waals surface area contributed by atoms with E-state index in [9.17, 15) is 0 Å². The molecule has 1 atom stereocenters. The van der Waals surface area contributed by atoms with Gasteiger partial charge in [0.25, 0.3) is 0 Å². The van der Waals surface area contributed by atoms with Crippen molar-refractivity contribution in [2.75, 3.05) is 6.54 Å². The van der Waals surface area contributed by atoms with Gasteiger partial charge in [0.15, 0.2) is 0 Å². The number of nitrogens with one attached hydrogen (secondary N) is 1. The van der Waals surface area contributed by atoms with Gasteiger partial charge in [0.2, 0.25) is 0 Å². The minimum absolute atomic E-state index is 0.456. The Balaban J connectivity index is 1.77. The van der Waals surface area contributed by atoms with Crippen molar-refractivity contribution in [3.63, 3.8) is 0 Å². The van der Waals surface area contributed by atoms with Crippen LogP contribution in [0.5, 0.6) is 0 Å². The summed E-state index contributed by atoms with van der Waals surface area (Å²) in [6.07, 6.45) is 5.64. The fourth-order valence-corrected chi connectivity index (χ4v) is 3.01. The van der Waals surface area contributed by atoms with Gasteiger partial charge in [-0.05, 0) is 55.8 Å². The van der Waals surface area contributed by atoms with E-state index in [0.717, 1.165) is 16.3 Å².